The third kappa shape index (κ3) is 4.85. The molecule has 7 nitrogen and oxygen atoms in total. The van der Waals surface area contributed by atoms with Gasteiger partial charge < -0.3 is 10.6 Å². The fourth-order valence-electron chi connectivity index (χ4n) is 3.15. The van der Waals surface area contributed by atoms with E-state index in [2.05, 4.69) is 10.6 Å². The van der Waals surface area contributed by atoms with Gasteiger partial charge in [-0.05, 0) is 35.1 Å². The summed E-state index contributed by atoms with van der Waals surface area (Å²) in [6, 6.07) is 9.65. The zero-order chi connectivity index (χ0) is 21.2. The Labute approximate surface area is 175 Å². The van der Waals surface area contributed by atoms with Crippen molar-refractivity contribution in [1.29, 1.82) is 0 Å². The van der Waals surface area contributed by atoms with Gasteiger partial charge in [-0.15, -0.1) is 11.3 Å². The Morgan fingerprint density at radius 1 is 1.24 bits per heavy atom. The van der Waals surface area contributed by atoms with Crippen LogP contribution >= 0.6 is 11.3 Å². The Morgan fingerprint density at radius 2 is 2.00 bits per heavy atom. The van der Waals surface area contributed by atoms with E-state index in [4.69, 9.17) is 0 Å². The average Bonchev–Trinajstić information content (AvgIpc) is 3.19. The topological polar surface area (TPSA) is 95.6 Å². The molecule has 1 atom stereocenters. The minimum absolute atomic E-state index is 0.00304. The summed E-state index contributed by atoms with van der Waals surface area (Å²) < 4.78 is 26.9. The van der Waals surface area contributed by atoms with Crippen LogP contribution in [0.4, 0.5) is 0 Å². The molecule has 0 bridgehead atoms. The van der Waals surface area contributed by atoms with E-state index in [1.165, 1.54) is 12.1 Å². The number of piperazine rings is 1. The second-order valence-corrected chi connectivity index (χ2v) is 10.9. The first-order valence-corrected chi connectivity index (χ1v) is 11.6. The first kappa shape index (κ1) is 21.5. The number of nitrogens with zero attached hydrogens (tertiary/aromatic N) is 1. The van der Waals surface area contributed by atoms with E-state index in [0.717, 1.165) is 9.18 Å². The van der Waals surface area contributed by atoms with E-state index < -0.39 is 10.0 Å². The summed E-state index contributed by atoms with van der Waals surface area (Å²) in [4.78, 5) is 25.5. The molecule has 1 aliphatic heterocycles. The largest absolute Gasteiger partial charge is 0.354 e. The summed E-state index contributed by atoms with van der Waals surface area (Å²) in [6.45, 7) is 6.38. The van der Waals surface area contributed by atoms with Gasteiger partial charge in [-0.1, -0.05) is 32.9 Å². The lowest BCUT2D eigenvalue weighted by Gasteiger charge is -2.31. The molecule has 156 valence electrons. The summed E-state index contributed by atoms with van der Waals surface area (Å²) in [5.74, 6) is -0.676. The zero-order valence-corrected chi connectivity index (χ0v) is 18.3. The Hall–Kier alpha value is -2.23. The number of amides is 2. The van der Waals surface area contributed by atoms with Crippen LogP contribution in [0, 0.1) is 5.41 Å². The molecule has 1 fully saturated rings. The van der Waals surface area contributed by atoms with Crippen molar-refractivity contribution < 1.29 is 18.0 Å². The van der Waals surface area contributed by atoms with Crippen molar-refractivity contribution in [2.75, 3.05) is 19.6 Å². The van der Waals surface area contributed by atoms with Crippen LogP contribution in [0.1, 0.15) is 42.0 Å². The molecule has 1 saturated heterocycles. The summed E-state index contributed by atoms with van der Waals surface area (Å²) in [6.07, 6.45) is 0. The second kappa shape index (κ2) is 8.25. The van der Waals surface area contributed by atoms with Gasteiger partial charge in [0.25, 0.3) is 5.91 Å². The smallest absolute Gasteiger partial charge is 0.251 e. The maximum atomic E-state index is 12.9. The molecule has 3 rings (SSSR count). The van der Waals surface area contributed by atoms with Gasteiger partial charge in [0.2, 0.25) is 15.9 Å². The number of carbonyl (C=O) groups is 2. The van der Waals surface area contributed by atoms with Crippen molar-refractivity contribution in [2.45, 2.75) is 31.7 Å². The molecule has 2 amide bonds. The molecule has 2 heterocycles. The van der Waals surface area contributed by atoms with Gasteiger partial charge in [0, 0.05) is 23.5 Å². The van der Waals surface area contributed by atoms with E-state index in [9.17, 15) is 18.0 Å². The minimum Gasteiger partial charge on any atom is -0.354 e. The quantitative estimate of drug-likeness (QED) is 0.754. The van der Waals surface area contributed by atoms with E-state index in [1.54, 1.807) is 23.5 Å². The molecule has 2 N–H and O–H groups in total. The average molecular weight is 436 g/mol. The number of thiophene rings is 1. The highest BCUT2D eigenvalue weighted by atomic mass is 32.2. The summed E-state index contributed by atoms with van der Waals surface area (Å²) >= 11 is 1.57. The summed E-state index contributed by atoms with van der Waals surface area (Å²) in [5.41, 5.74) is 0.0455. The molecular weight excluding hydrogens is 410 g/mol. The molecular formula is C20H25N3O4S2. The molecule has 0 radical (unpaired) electrons. The molecule has 29 heavy (non-hydrogen) atoms. The van der Waals surface area contributed by atoms with Crippen molar-refractivity contribution in [2.24, 2.45) is 5.41 Å². The van der Waals surface area contributed by atoms with Crippen molar-refractivity contribution in [3.05, 3.63) is 52.2 Å². The molecule has 2 aromatic rings. The van der Waals surface area contributed by atoms with Gasteiger partial charge in [-0.3, -0.25) is 9.59 Å². The Balaban J connectivity index is 1.85. The van der Waals surface area contributed by atoms with Crippen molar-refractivity contribution >= 4 is 33.2 Å². The van der Waals surface area contributed by atoms with Crippen LogP contribution < -0.4 is 10.6 Å². The van der Waals surface area contributed by atoms with Gasteiger partial charge >= 0.3 is 0 Å². The highest BCUT2D eigenvalue weighted by Crippen LogP contribution is 2.35. The molecule has 1 aromatic carbocycles. The normalized spacial score (nSPS) is 16.9. The highest BCUT2D eigenvalue weighted by Gasteiger charge is 2.31. The molecule has 9 heteroatoms. The van der Waals surface area contributed by atoms with E-state index in [-0.39, 0.29) is 53.4 Å². The highest BCUT2D eigenvalue weighted by molar-refractivity contribution is 7.89. The standard InChI is InChI=1S/C20H25N3O4S2/c1-20(2,3)18(16-8-5-11-28-16)22-19(25)14-6-4-7-15(12-14)29(26,27)23-10-9-21-17(24)13-23/h4-8,11-12,18H,9-10,13H2,1-3H3,(H,21,24)(H,22,25). The number of hydrogen-bond acceptors (Lipinski definition) is 5. The van der Waals surface area contributed by atoms with Crippen LogP contribution in [0.2, 0.25) is 0 Å². The van der Waals surface area contributed by atoms with Gasteiger partial charge in [0.15, 0.2) is 0 Å². The van der Waals surface area contributed by atoms with Crippen molar-refractivity contribution in [3.8, 4) is 0 Å². The number of benzene rings is 1. The Kier molecular flexibility index (Phi) is 6.11. The SMILES string of the molecule is CC(C)(C)C(NC(=O)c1cccc(S(=O)(=O)N2CCNC(=O)C2)c1)c1cccs1. The van der Waals surface area contributed by atoms with Gasteiger partial charge in [0.1, 0.15) is 0 Å². The van der Waals surface area contributed by atoms with E-state index >= 15 is 0 Å². The van der Waals surface area contributed by atoms with Gasteiger partial charge in [-0.2, -0.15) is 4.31 Å². The third-order valence-corrected chi connectivity index (χ3v) is 7.48. The lowest BCUT2D eigenvalue weighted by molar-refractivity contribution is -0.122. The third-order valence-electron chi connectivity index (χ3n) is 4.71. The van der Waals surface area contributed by atoms with Crippen LogP contribution in [-0.4, -0.2) is 44.2 Å². The fourth-order valence-corrected chi connectivity index (χ4v) is 5.61. The first-order chi connectivity index (χ1) is 13.6. The second-order valence-electron chi connectivity index (χ2n) is 8.00. The molecule has 1 aliphatic rings. The van der Waals surface area contributed by atoms with Gasteiger partial charge in [-0.25, -0.2) is 8.42 Å². The van der Waals surface area contributed by atoms with Crippen LogP contribution in [0.15, 0.2) is 46.7 Å². The number of carbonyl (C=O) groups excluding carboxylic acids is 2. The molecule has 0 aliphatic carbocycles. The Morgan fingerprint density at radius 3 is 2.62 bits per heavy atom. The maximum Gasteiger partial charge on any atom is 0.251 e. The van der Waals surface area contributed by atoms with E-state index in [0.29, 0.717) is 0 Å². The number of nitrogens with one attached hydrogen (secondary N) is 2. The lowest BCUT2D eigenvalue weighted by atomic mass is 9.85. The number of rotatable bonds is 5. The molecule has 0 saturated carbocycles. The molecule has 0 spiro atoms. The van der Waals surface area contributed by atoms with Crippen molar-refractivity contribution in [3.63, 3.8) is 0 Å². The van der Waals surface area contributed by atoms with Gasteiger partial charge in [0.05, 0.1) is 17.5 Å². The van der Waals surface area contributed by atoms with Crippen molar-refractivity contribution in [1.82, 2.24) is 14.9 Å². The molecule has 1 aromatic heterocycles. The molecule has 1 unspecified atom stereocenters. The van der Waals surface area contributed by atoms with Crippen LogP contribution in [0.25, 0.3) is 0 Å². The zero-order valence-electron chi connectivity index (χ0n) is 16.6. The predicted molar refractivity (Wildman–Crippen MR) is 112 cm³/mol. The summed E-state index contributed by atoms with van der Waals surface area (Å²) in [5, 5.41) is 7.61. The summed E-state index contributed by atoms with van der Waals surface area (Å²) in [7, 11) is -3.86. The first-order valence-electron chi connectivity index (χ1n) is 9.30. The lowest BCUT2D eigenvalue weighted by Crippen LogP contribution is -2.49. The van der Waals surface area contributed by atoms with E-state index in [1.807, 2.05) is 38.3 Å². The maximum absolute atomic E-state index is 12.9. The van der Waals surface area contributed by atoms with Crippen LogP contribution in [-0.2, 0) is 14.8 Å². The monoisotopic (exact) mass is 435 g/mol. The number of sulfonamides is 1. The fraction of sp³-hybridized carbons (Fsp3) is 0.400. The number of hydrogen-bond donors (Lipinski definition) is 2. The van der Waals surface area contributed by atoms with Crippen LogP contribution in [0.5, 0.6) is 0 Å². The predicted octanol–water partition coefficient (Wildman–Crippen LogP) is 2.39. The van der Waals surface area contributed by atoms with Crippen LogP contribution in [0.3, 0.4) is 0 Å². The Bertz CT molecular complexity index is 995. The minimum atomic E-state index is -3.86.